The van der Waals surface area contributed by atoms with Crippen LogP contribution in [-0.2, 0) is 0 Å². The summed E-state index contributed by atoms with van der Waals surface area (Å²) in [5.74, 6) is 0.836. The summed E-state index contributed by atoms with van der Waals surface area (Å²) in [6.07, 6.45) is 1.87. The molecule has 2 aromatic heterocycles. The van der Waals surface area contributed by atoms with Crippen molar-refractivity contribution in [1.29, 1.82) is 0 Å². The van der Waals surface area contributed by atoms with Crippen molar-refractivity contribution in [3.8, 4) is 11.4 Å². The topological polar surface area (TPSA) is 38.1 Å². The first-order valence-corrected chi connectivity index (χ1v) is 9.95. The second-order valence-corrected chi connectivity index (χ2v) is 7.92. The minimum atomic E-state index is 0.418. The minimum Gasteiger partial charge on any atom is -0.254 e. The van der Waals surface area contributed by atoms with Crippen LogP contribution in [0, 0.1) is 6.92 Å². The van der Waals surface area contributed by atoms with Crippen molar-refractivity contribution in [2.24, 2.45) is 4.99 Å². The van der Waals surface area contributed by atoms with E-state index in [0.29, 0.717) is 11.8 Å². The number of aryl methyl sites for hydroxylation is 1. The van der Waals surface area contributed by atoms with Gasteiger partial charge in [0.2, 0.25) is 0 Å². The Morgan fingerprint density at radius 1 is 0.821 bits per heavy atom. The molecule has 3 nitrogen and oxygen atoms in total. The molecule has 0 fully saturated rings. The van der Waals surface area contributed by atoms with Gasteiger partial charge in [0, 0.05) is 6.20 Å². The van der Waals surface area contributed by atoms with Crippen LogP contribution in [0.3, 0.4) is 0 Å². The van der Waals surface area contributed by atoms with Gasteiger partial charge in [-0.1, -0.05) is 58.0 Å². The molecule has 0 unspecified atom stereocenters. The van der Waals surface area contributed by atoms with Crippen molar-refractivity contribution >= 4 is 11.4 Å². The molecule has 0 radical (unpaired) electrons. The van der Waals surface area contributed by atoms with Crippen LogP contribution in [0.2, 0.25) is 0 Å². The maximum absolute atomic E-state index is 5.05. The molecule has 0 amide bonds. The molecule has 2 heterocycles. The summed E-state index contributed by atoms with van der Waals surface area (Å²) in [5.41, 5.74) is 8.34. The SMILES string of the molecule is CC(=Nc1c(C(C)C)cccc1C(C)C)c1cccc(-c2ccc(C)cn2)n1. The second-order valence-electron chi connectivity index (χ2n) is 7.92. The fourth-order valence-corrected chi connectivity index (χ4v) is 3.26. The Hall–Kier alpha value is -2.81. The van der Waals surface area contributed by atoms with E-state index in [-0.39, 0.29) is 0 Å². The number of para-hydroxylation sites is 1. The summed E-state index contributed by atoms with van der Waals surface area (Å²) < 4.78 is 0. The lowest BCUT2D eigenvalue weighted by Crippen LogP contribution is -2.02. The summed E-state index contributed by atoms with van der Waals surface area (Å²) in [6.45, 7) is 12.9. The van der Waals surface area contributed by atoms with Gasteiger partial charge in [-0.25, -0.2) is 4.98 Å². The van der Waals surface area contributed by atoms with Gasteiger partial charge in [-0.15, -0.1) is 0 Å². The number of aromatic nitrogens is 2. The zero-order valence-electron chi connectivity index (χ0n) is 17.7. The standard InChI is InChI=1S/C25H29N3/c1-16(2)20-9-7-10-21(17(3)4)25(20)27-19(6)22-11-8-12-24(28-22)23-14-13-18(5)15-26-23/h7-17H,1-6H3. The third kappa shape index (κ3) is 4.36. The molecule has 0 spiro atoms. The molecule has 0 aliphatic heterocycles. The molecule has 0 saturated carbocycles. The van der Waals surface area contributed by atoms with Crippen molar-refractivity contribution < 1.29 is 0 Å². The Labute approximate surface area is 168 Å². The number of hydrogen-bond donors (Lipinski definition) is 0. The van der Waals surface area contributed by atoms with Crippen molar-refractivity contribution in [1.82, 2.24) is 9.97 Å². The molecule has 0 saturated heterocycles. The minimum absolute atomic E-state index is 0.418. The lowest BCUT2D eigenvalue weighted by molar-refractivity contribution is 0.834. The van der Waals surface area contributed by atoms with Gasteiger partial charge in [-0.2, -0.15) is 0 Å². The van der Waals surface area contributed by atoms with Crippen LogP contribution in [-0.4, -0.2) is 15.7 Å². The van der Waals surface area contributed by atoms with Crippen molar-refractivity contribution in [3.63, 3.8) is 0 Å². The highest BCUT2D eigenvalue weighted by atomic mass is 14.8. The first kappa shape index (κ1) is 19.9. The summed E-state index contributed by atoms with van der Waals surface area (Å²) >= 11 is 0. The summed E-state index contributed by atoms with van der Waals surface area (Å²) in [7, 11) is 0. The van der Waals surface area contributed by atoms with Gasteiger partial charge < -0.3 is 0 Å². The van der Waals surface area contributed by atoms with Gasteiger partial charge in [-0.05, 0) is 60.6 Å². The maximum Gasteiger partial charge on any atom is 0.0894 e. The predicted octanol–water partition coefficient (Wildman–Crippen LogP) is 6.84. The number of nitrogens with zero attached hydrogens (tertiary/aromatic N) is 3. The number of pyridine rings is 2. The van der Waals surface area contributed by atoms with E-state index in [1.807, 2.05) is 44.3 Å². The van der Waals surface area contributed by atoms with E-state index in [9.17, 15) is 0 Å². The van der Waals surface area contributed by atoms with E-state index < -0.39 is 0 Å². The van der Waals surface area contributed by atoms with E-state index in [2.05, 4.69) is 56.9 Å². The van der Waals surface area contributed by atoms with Gasteiger partial charge in [0.25, 0.3) is 0 Å². The van der Waals surface area contributed by atoms with Crippen LogP contribution in [0.1, 0.15) is 68.8 Å². The third-order valence-corrected chi connectivity index (χ3v) is 4.92. The first-order valence-electron chi connectivity index (χ1n) is 9.95. The molecule has 144 valence electrons. The highest BCUT2D eigenvalue weighted by molar-refractivity contribution is 5.99. The van der Waals surface area contributed by atoms with Crippen LogP contribution < -0.4 is 0 Å². The number of rotatable bonds is 5. The fraction of sp³-hybridized carbons (Fsp3) is 0.320. The van der Waals surface area contributed by atoms with Crippen molar-refractivity contribution in [2.75, 3.05) is 0 Å². The number of hydrogen-bond acceptors (Lipinski definition) is 3. The zero-order chi connectivity index (χ0) is 20.3. The smallest absolute Gasteiger partial charge is 0.0894 e. The summed E-state index contributed by atoms with van der Waals surface area (Å²) in [5, 5.41) is 0. The van der Waals surface area contributed by atoms with Gasteiger partial charge in [-0.3, -0.25) is 9.98 Å². The van der Waals surface area contributed by atoms with Gasteiger partial charge >= 0.3 is 0 Å². The van der Waals surface area contributed by atoms with Crippen molar-refractivity contribution in [3.05, 3.63) is 77.1 Å². The van der Waals surface area contributed by atoms with Gasteiger partial charge in [0.15, 0.2) is 0 Å². The average Bonchev–Trinajstić information content (AvgIpc) is 2.68. The molecule has 3 aromatic rings. The van der Waals surface area contributed by atoms with Crippen LogP contribution in [0.5, 0.6) is 0 Å². The molecular weight excluding hydrogens is 342 g/mol. The van der Waals surface area contributed by atoms with E-state index in [1.54, 1.807) is 0 Å². The molecule has 0 aliphatic rings. The molecule has 0 bridgehead atoms. The molecule has 0 N–H and O–H groups in total. The van der Waals surface area contributed by atoms with Gasteiger partial charge in [0.1, 0.15) is 0 Å². The van der Waals surface area contributed by atoms with Crippen LogP contribution in [0.15, 0.2) is 59.7 Å². The Morgan fingerprint density at radius 2 is 1.46 bits per heavy atom. The molecule has 3 rings (SSSR count). The third-order valence-electron chi connectivity index (χ3n) is 4.92. The predicted molar refractivity (Wildman–Crippen MR) is 119 cm³/mol. The summed E-state index contributed by atoms with van der Waals surface area (Å²) in [6, 6.07) is 16.6. The maximum atomic E-state index is 5.05. The lowest BCUT2D eigenvalue weighted by atomic mass is 9.93. The zero-order valence-corrected chi connectivity index (χ0v) is 17.7. The number of aliphatic imine (C=N–C) groups is 1. The van der Waals surface area contributed by atoms with E-state index in [4.69, 9.17) is 9.98 Å². The Morgan fingerprint density at radius 3 is 2.04 bits per heavy atom. The van der Waals surface area contributed by atoms with Crippen molar-refractivity contribution in [2.45, 2.75) is 53.4 Å². The molecule has 28 heavy (non-hydrogen) atoms. The average molecular weight is 372 g/mol. The van der Waals surface area contributed by atoms with E-state index in [0.717, 1.165) is 34.0 Å². The monoisotopic (exact) mass is 371 g/mol. The highest BCUT2D eigenvalue weighted by Crippen LogP contribution is 2.35. The second kappa shape index (κ2) is 8.47. The molecule has 3 heteroatoms. The van der Waals surface area contributed by atoms with Crippen LogP contribution in [0.25, 0.3) is 11.4 Å². The summed E-state index contributed by atoms with van der Waals surface area (Å²) in [4.78, 5) is 14.4. The largest absolute Gasteiger partial charge is 0.254 e. The van der Waals surface area contributed by atoms with Gasteiger partial charge in [0.05, 0.1) is 28.5 Å². The van der Waals surface area contributed by atoms with Crippen LogP contribution in [0.4, 0.5) is 5.69 Å². The van der Waals surface area contributed by atoms with E-state index in [1.165, 1.54) is 11.1 Å². The lowest BCUT2D eigenvalue weighted by Gasteiger charge is -2.17. The molecule has 0 aliphatic carbocycles. The fourth-order valence-electron chi connectivity index (χ4n) is 3.26. The Bertz CT molecular complexity index is 957. The molecule has 1 aromatic carbocycles. The first-order chi connectivity index (χ1) is 13.4. The highest BCUT2D eigenvalue weighted by Gasteiger charge is 2.14. The quantitative estimate of drug-likeness (QED) is 0.460. The van der Waals surface area contributed by atoms with E-state index >= 15 is 0 Å². The normalized spacial score (nSPS) is 12.1. The Kier molecular flexibility index (Phi) is 6.03. The molecular formula is C25H29N3. The Balaban J connectivity index is 2.05. The van der Waals surface area contributed by atoms with Crippen LogP contribution >= 0.6 is 0 Å². The number of benzene rings is 1. The molecule has 0 atom stereocenters.